The van der Waals surface area contributed by atoms with E-state index in [4.69, 9.17) is 0 Å². The zero-order chi connectivity index (χ0) is 19.7. The average molecular weight is 384 g/mol. The summed E-state index contributed by atoms with van der Waals surface area (Å²) in [6.45, 7) is 0.554. The van der Waals surface area contributed by atoms with Gasteiger partial charge in [-0.05, 0) is 42.3 Å². The summed E-state index contributed by atoms with van der Waals surface area (Å²) in [5, 5.41) is 10.4. The summed E-state index contributed by atoms with van der Waals surface area (Å²) in [6.07, 6.45) is -3.72. The van der Waals surface area contributed by atoms with Crippen LogP contribution in [0.2, 0.25) is 0 Å². The van der Waals surface area contributed by atoms with Crippen LogP contribution in [0, 0.1) is 0 Å². The highest BCUT2D eigenvalue weighted by molar-refractivity contribution is 6.06. The summed E-state index contributed by atoms with van der Waals surface area (Å²) in [7, 11) is 0. The highest BCUT2D eigenvalue weighted by Gasteiger charge is 2.33. The van der Waals surface area contributed by atoms with Gasteiger partial charge in [-0.1, -0.05) is 30.3 Å². The molecule has 1 aliphatic heterocycles. The number of anilines is 3. The van der Waals surface area contributed by atoms with Gasteiger partial charge in [-0.2, -0.15) is 13.2 Å². The first kappa shape index (κ1) is 18.0. The molecule has 1 N–H and O–H groups in total. The van der Waals surface area contributed by atoms with Gasteiger partial charge < -0.3 is 10.2 Å². The van der Waals surface area contributed by atoms with E-state index in [0.29, 0.717) is 6.54 Å². The van der Waals surface area contributed by atoms with Gasteiger partial charge in [0.1, 0.15) is 0 Å². The minimum absolute atomic E-state index is 0.120. The topological polar surface area (TPSA) is 58.1 Å². The van der Waals surface area contributed by atoms with Gasteiger partial charge in [0.05, 0.1) is 11.3 Å². The molecule has 0 saturated carbocycles. The van der Waals surface area contributed by atoms with Gasteiger partial charge in [0.2, 0.25) is 0 Å². The lowest BCUT2D eigenvalue weighted by Gasteiger charge is -2.17. The minimum atomic E-state index is -4.49. The highest BCUT2D eigenvalue weighted by atomic mass is 19.4. The maximum absolute atomic E-state index is 13.1. The fraction of sp³-hybridized carbons (Fsp3) is 0.150. The molecular formula is C20H15F3N4O. The van der Waals surface area contributed by atoms with Crippen LogP contribution >= 0.6 is 0 Å². The van der Waals surface area contributed by atoms with Crippen LogP contribution in [-0.4, -0.2) is 22.6 Å². The average Bonchev–Trinajstić information content (AvgIpc) is 3.12. The number of carbonyl (C=O) groups is 1. The number of amides is 1. The third-order valence-corrected chi connectivity index (χ3v) is 4.51. The van der Waals surface area contributed by atoms with Crippen molar-refractivity contribution < 1.29 is 18.0 Å². The van der Waals surface area contributed by atoms with Crippen molar-refractivity contribution in [1.29, 1.82) is 0 Å². The van der Waals surface area contributed by atoms with Gasteiger partial charge in [0.25, 0.3) is 5.91 Å². The zero-order valence-electron chi connectivity index (χ0n) is 14.6. The first-order valence-electron chi connectivity index (χ1n) is 8.60. The van der Waals surface area contributed by atoms with Gasteiger partial charge >= 0.3 is 6.18 Å². The zero-order valence-corrected chi connectivity index (χ0v) is 14.6. The lowest BCUT2D eigenvalue weighted by atomic mass is 10.1. The molecule has 0 aliphatic carbocycles. The lowest BCUT2D eigenvalue weighted by Crippen LogP contribution is -2.29. The number of para-hydroxylation sites is 2. The van der Waals surface area contributed by atoms with Crippen molar-refractivity contribution in [3.63, 3.8) is 0 Å². The summed E-state index contributed by atoms with van der Waals surface area (Å²) in [4.78, 5) is 14.3. The first-order chi connectivity index (χ1) is 13.4. The molecule has 0 radical (unpaired) electrons. The van der Waals surface area contributed by atoms with E-state index in [9.17, 15) is 18.0 Å². The quantitative estimate of drug-likeness (QED) is 0.725. The molecule has 0 bridgehead atoms. The monoisotopic (exact) mass is 384 g/mol. The molecule has 8 heteroatoms. The number of fused-ring (bicyclic) bond motifs is 1. The molecule has 0 spiro atoms. The Kier molecular flexibility index (Phi) is 4.46. The summed E-state index contributed by atoms with van der Waals surface area (Å²) >= 11 is 0. The van der Waals surface area contributed by atoms with E-state index in [1.165, 1.54) is 30.3 Å². The van der Waals surface area contributed by atoms with Gasteiger partial charge in [-0.15, -0.1) is 10.2 Å². The molecule has 1 amide bonds. The van der Waals surface area contributed by atoms with Crippen LogP contribution in [0.4, 0.5) is 30.4 Å². The molecule has 1 aliphatic rings. The van der Waals surface area contributed by atoms with E-state index in [0.717, 1.165) is 23.7 Å². The molecule has 0 unspecified atom stereocenters. The van der Waals surface area contributed by atoms with Gasteiger partial charge in [-0.25, -0.2) is 0 Å². The second-order valence-electron chi connectivity index (χ2n) is 6.31. The van der Waals surface area contributed by atoms with Crippen LogP contribution in [0.5, 0.6) is 0 Å². The number of nitrogens with zero attached hydrogens (tertiary/aromatic N) is 3. The second-order valence-corrected chi connectivity index (χ2v) is 6.31. The molecular weight excluding hydrogens is 369 g/mol. The molecule has 0 atom stereocenters. The number of hydrogen-bond donors (Lipinski definition) is 1. The summed E-state index contributed by atoms with van der Waals surface area (Å²) in [5.41, 5.74) is 1.13. The van der Waals surface area contributed by atoms with E-state index >= 15 is 0 Å². The SMILES string of the molecule is O=C(c1ccc(Nc2ccccc2C(F)(F)F)nn1)N1CCc2ccccc21. The van der Waals surface area contributed by atoms with Crippen molar-refractivity contribution in [3.8, 4) is 0 Å². The summed E-state index contributed by atoms with van der Waals surface area (Å²) < 4.78 is 39.3. The maximum atomic E-state index is 13.1. The summed E-state index contributed by atoms with van der Waals surface area (Å²) in [5.74, 6) is -0.172. The largest absolute Gasteiger partial charge is 0.418 e. The predicted octanol–water partition coefficient (Wildman–Crippen LogP) is 4.44. The Morgan fingerprint density at radius 2 is 1.71 bits per heavy atom. The van der Waals surface area contributed by atoms with Crippen molar-refractivity contribution in [3.05, 3.63) is 77.5 Å². The number of carbonyl (C=O) groups excluding carboxylic acids is 1. The van der Waals surface area contributed by atoms with Gasteiger partial charge in [0.15, 0.2) is 11.5 Å². The van der Waals surface area contributed by atoms with Crippen LogP contribution in [0.25, 0.3) is 0 Å². The minimum Gasteiger partial charge on any atom is -0.338 e. The smallest absolute Gasteiger partial charge is 0.338 e. The Morgan fingerprint density at radius 1 is 0.964 bits per heavy atom. The second kappa shape index (κ2) is 6.95. The molecule has 0 fully saturated rings. The molecule has 1 aromatic heterocycles. The molecule has 2 aromatic carbocycles. The van der Waals surface area contributed by atoms with E-state index < -0.39 is 11.7 Å². The number of hydrogen-bond acceptors (Lipinski definition) is 4. The number of alkyl halides is 3. The number of rotatable bonds is 3. The van der Waals surface area contributed by atoms with Gasteiger partial charge in [0, 0.05) is 12.2 Å². The Bertz CT molecular complexity index is 1020. The number of halogens is 3. The standard InChI is InChI=1S/C20H15F3N4O/c21-20(22,23)14-6-2-3-7-15(14)24-18-10-9-16(25-26-18)19(28)27-12-11-13-5-1-4-8-17(13)27/h1-10H,11-12H2,(H,24,26). The van der Waals surface area contributed by atoms with Crippen molar-refractivity contribution in [2.24, 2.45) is 0 Å². The fourth-order valence-corrected chi connectivity index (χ4v) is 3.18. The molecule has 5 nitrogen and oxygen atoms in total. The number of nitrogens with one attached hydrogen (secondary N) is 1. The predicted molar refractivity (Wildman–Crippen MR) is 98.6 cm³/mol. The Balaban J connectivity index is 1.54. The van der Waals surface area contributed by atoms with Crippen molar-refractivity contribution in [1.82, 2.24) is 10.2 Å². The van der Waals surface area contributed by atoms with Crippen molar-refractivity contribution in [2.75, 3.05) is 16.8 Å². The van der Waals surface area contributed by atoms with E-state index in [1.807, 2.05) is 24.3 Å². The highest BCUT2D eigenvalue weighted by Crippen LogP contribution is 2.35. The molecule has 0 saturated heterocycles. The summed E-state index contributed by atoms with van der Waals surface area (Å²) in [6, 6.07) is 15.6. The van der Waals surface area contributed by atoms with Crippen LogP contribution < -0.4 is 10.2 Å². The van der Waals surface area contributed by atoms with Crippen LogP contribution in [-0.2, 0) is 12.6 Å². The Morgan fingerprint density at radius 3 is 2.46 bits per heavy atom. The third kappa shape index (κ3) is 3.40. The van der Waals surface area contributed by atoms with E-state index in [2.05, 4.69) is 15.5 Å². The van der Waals surface area contributed by atoms with Crippen LogP contribution in [0.1, 0.15) is 21.6 Å². The van der Waals surface area contributed by atoms with Crippen LogP contribution in [0.3, 0.4) is 0 Å². The third-order valence-electron chi connectivity index (χ3n) is 4.51. The normalized spacial score (nSPS) is 13.3. The fourth-order valence-electron chi connectivity index (χ4n) is 3.18. The molecule has 28 heavy (non-hydrogen) atoms. The van der Waals surface area contributed by atoms with E-state index in [1.54, 1.807) is 4.90 Å². The molecule has 3 aromatic rings. The number of benzene rings is 2. The van der Waals surface area contributed by atoms with Crippen molar-refractivity contribution in [2.45, 2.75) is 12.6 Å². The molecule has 142 valence electrons. The van der Waals surface area contributed by atoms with Crippen LogP contribution in [0.15, 0.2) is 60.7 Å². The van der Waals surface area contributed by atoms with Gasteiger partial charge in [-0.3, -0.25) is 4.79 Å². The van der Waals surface area contributed by atoms with Crippen molar-refractivity contribution >= 4 is 23.1 Å². The maximum Gasteiger partial charge on any atom is 0.418 e. The lowest BCUT2D eigenvalue weighted by molar-refractivity contribution is -0.136. The molecule has 2 heterocycles. The molecule has 4 rings (SSSR count). The van der Waals surface area contributed by atoms with E-state index in [-0.39, 0.29) is 23.1 Å². The Labute approximate surface area is 158 Å². The first-order valence-corrected chi connectivity index (χ1v) is 8.60. The Hall–Kier alpha value is -3.42. The number of aromatic nitrogens is 2.